The zero-order valence-corrected chi connectivity index (χ0v) is 7.84. The van der Waals surface area contributed by atoms with Crippen LogP contribution in [0.2, 0.25) is 0 Å². The topological polar surface area (TPSA) is 80.8 Å². The molecule has 6 nitrogen and oxygen atoms in total. The van der Waals surface area contributed by atoms with Crippen LogP contribution in [0.3, 0.4) is 0 Å². The highest BCUT2D eigenvalue weighted by molar-refractivity contribution is 5.92. The van der Waals surface area contributed by atoms with E-state index in [9.17, 15) is 4.79 Å². The number of esters is 1. The van der Waals surface area contributed by atoms with E-state index in [0.717, 1.165) is 4.68 Å². The maximum Gasteiger partial charge on any atom is 0.339 e. The largest absolute Gasteiger partial charge is 0.465 e. The van der Waals surface area contributed by atoms with Crippen molar-refractivity contribution in [3.8, 4) is 6.19 Å². The first kappa shape index (κ1) is 9.15. The molecule has 0 spiro atoms. The normalized spacial score (nSPS) is 9.87. The molecule has 0 bridgehead atoms. The second-order valence-corrected chi connectivity index (χ2v) is 2.78. The maximum atomic E-state index is 11.2. The lowest BCUT2D eigenvalue weighted by Gasteiger charge is -1.97. The van der Waals surface area contributed by atoms with E-state index in [1.54, 1.807) is 6.07 Å². The van der Waals surface area contributed by atoms with Crippen LogP contribution in [-0.2, 0) is 4.74 Å². The van der Waals surface area contributed by atoms with Gasteiger partial charge in [0.2, 0.25) is 6.19 Å². The lowest BCUT2D eigenvalue weighted by molar-refractivity contribution is 0.0600. The Labute approximate surface area is 84.7 Å². The predicted octanol–water partition coefficient (Wildman–Crippen LogP) is 0.547. The Morgan fingerprint density at radius 2 is 2.40 bits per heavy atom. The van der Waals surface area contributed by atoms with Crippen molar-refractivity contribution in [3.05, 3.63) is 24.0 Å². The molecule has 0 atom stereocenters. The molecule has 74 valence electrons. The Balaban J connectivity index is 2.59. The fourth-order valence-corrected chi connectivity index (χ4v) is 1.22. The highest BCUT2D eigenvalue weighted by Crippen LogP contribution is 2.12. The van der Waals surface area contributed by atoms with Crippen LogP contribution in [0.15, 0.2) is 18.5 Å². The molecule has 15 heavy (non-hydrogen) atoms. The van der Waals surface area contributed by atoms with Gasteiger partial charge in [0.15, 0.2) is 5.65 Å². The fraction of sp³-hybridized carbons (Fsp3) is 0.111. The molecule has 0 N–H and O–H groups in total. The molecule has 0 aliphatic heterocycles. The zero-order valence-electron chi connectivity index (χ0n) is 7.84. The van der Waals surface area contributed by atoms with Gasteiger partial charge in [-0.05, 0) is 6.07 Å². The average Bonchev–Trinajstić information content (AvgIpc) is 2.69. The van der Waals surface area contributed by atoms with Crippen LogP contribution < -0.4 is 0 Å². The molecule has 2 aromatic rings. The summed E-state index contributed by atoms with van der Waals surface area (Å²) < 4.78 is 5.63. The van der Waals surface area contributed by atoms with Crippen molar-refractivity contribution >= 4 is 17.0 Å². The van der Waals surface area contributed by atoms with Crippen molar-refractivity contribution < 1.29 is 9.53 Å². The summed E-state index contributed by atoms with van der Waals surface area (Å²) in [4.78, 5) is 15.1. The second-order valence-electron chi connectivity index (χ2n) is 2.78. The Kier molecular flexibility index (Phi) is 2.06. The summed E-state index contributed by atoms with van der Waals surface area (Å²) >= 11 is 0. The highest BCUT2D eigenvalue weighted by atomic mass is 16.5. The second kappa shape index (κ2) is 3.38. The van der Waals surface area contributed by atoms with Gasteiger partial charge >= 0.3 is 5.97 Å². The van der Waals surface area contributed by atoms with Crippen LogP contribution in [0.4, 0.5) is 0 Å². The van der Waals surface area contributed by atoms with E-state index in [0.29, 0.717) is 16.6 Å². The number of carbonyl (C=O) groups excluding carboxylic acids is 1. The number of fused-ring (bicyclic) bond motifs is 1. The van der Waals surface area contributed by atoms with Crippen molar-refractivity contribution in [3.63, 3.8) is 0 Å². The number of nitrogens with zero attached hydrogens (tertiary/aromatic N) is 4. The number of aromatic nitrogens is 3. The van der Waals surface area contributed by atoms with Gasteiger partial charge in [0.1, 0.15) is 0 Å². The molecule has 0 aromatic carbocycles. The summed E-state index contributed by atoms with van der Waals surface area (Å²) in [6.45, 7) is 0. The first-order valence-electron chi connectivity index (χ1n) is 4.08. The van der Waals surface area contributed by atoms with Gasteiger partial charge in [0.25, 0.3) is 0 Å². The average molecular weight is 202 g/mol. The molecular weight excluding hydrogens is 196 g/mol. The van der Waals surface area contributed by atoms with Crippen molar-refractivity contribution in [1.82, 2.24) is 14.8 Å². The molecule has 0 aliphatic carbocycles. The van der Waals surface area contributed by atoms with Gasteiger partial charge in [-0.2, -0.15) is 10.4 Å². The monoisotopic (exact) mass is 202 g/mol. The van der Waals surface area contributed by atoms with Crippen LogP contribution in [0.1, 0.15) is 10.4 Å². The smallest absolute Gasteiger partial charge is 0.339 e. The number of carbonyl (C=O) groups is 1. The molecule has 0 unspecified atom stereocenters. The molecule has 2 rings (SSSR count). The van der Waals surface area contributed by atoms with Gasteiger partial charge in [0, 0.05) is 11.6 Å². The van der Waals surface area contributed by atoms with Gasteiger partial charge in [-0.3, -0.25) is 0 Å². The molecule has 2 heterocycles. The summed E-state index contributed by atoms with van der Waals surface area (Å²) in [5, 5.41) is 13.1. The van der Waals surface area contributed by atoms with Crippen LogP contribution >= 0.6 is 0 Å². The third kappa shape index (κ3) is 1.40. The number of rotatable bonds is 1. The Morgan fingerprint density at radius 3 is 3.07 bits per heavy atom. The zero-order chi connectivity index (χ0) is 10.8. The van der Waals surface area contributed by atoms with E-state index in [1.807, 2.05) is 6.19 Å². The summed E-state index contributed by atoms with van der Waals surface area (Å²) in [6, 6.07) is 1.58. The number of hydrogen-bond acceptors (Lipinski definition) is 5. The third-order valence-electron chi connectivity index (χ3n) is 1.92. The minimum atomic E-state index is -0.464. The number of pyridine rings is 1. The first-order valence-corrected chi connectivity index (χ1v) is 4.08. The van der Waals surface area contributed by atoms with Crippen molar-refractivity contribution in [1.29, 1.82) is 5.26 Å². The van der Waals surface area contributed by atoms with Crippen molar-refractivity contribution in [2.45, 2.75) is 0 Å². The summed E-state index contributed by atoms with van der Waals surface area (Å²) in [5.74, 6) is -0.464. The molecule has 0 saturated heterocycles. The van der Waals surface area contributed by atoms with E-state index in [2.05, 4.69) is 14.8 Å². The number of hydrogen-bond donors (Lipinski definition) is 0. The molecule has 2 aromatic heterocycles. The Bertz CT molecular complexity index is 567. The Morgan fingerprint density at radius 1 is 1.60 bits per heavy atom. The lowest BCUT2D eigenvalue weighted by atomic mass is 10.2. The third-order valence-corrected chi connectivity index (χ3v) is 1.92. The van der Waals surface area contributed by atoms with E-state index < -0.39 is 5.97 Å². The van der Waals surface area contributed by atoms with Gasteiger partial charge in [-0.25, -0.2) is 9.78 Å². The Hall–Kier alpha value is -2.42. The van der Waals surface area contributed by atoms with Gasteiger partial charge < -0.3 is 4.74 Å². The highest BCUT2D eigenvalue weighted by Gasteiger charge is 2.09. The number of ether oxygens (including phenoxy) is 1. The molecular formula is C9H6N4O2. The van der Waals surface area contributed by atoms with Crippen LogP contribution in [0.25, 0.3) is 11.0 Å². The number of nitriles is 1. The SMILES string of the molecule is COC(=O)c1cnc2c(cnn2C#N)c1. The van der Waals surface area contributed by atoms with Crippen molar-refractivity contribution in [2.24, 2.45) is 0 Å². The maximum absolute atomic E-state index is 11.2. The van der Waals surface area contributed by atoms with Gasteiger partial charge in [0.05, 0.1) is 18.9 Å². The minimum Gasteiger partial charge on any atom is -0.465 e. The standard InChI is InChI=1S/C9H6N4O2/c1-15-9(14)7-2-6-4-12-13(5-10)8(6)11-3-7/h2-4H,1H3. The van der Waals surface area contributed by atoms with Crippen molar-refractivity contribution in [2.75, 3.05) is 7.11 Å². The summed E-state index contributed by atoms with van der Waals surface area (Å²) in [6.07, 6.45) is 4.66. The van der Waals surface area contributed by atoms with E-state index in [1.165, 1.54) is 19.5 Å². The quantitative estimate of drug-likeness (QED) is 0.630. The van der Waals surface area contributed by atoms with E-state index in [-0.39, 0.29) is 0 Å². The fourth-order valence-electron chi connectivity index (χ4n) is 1.22. The lowest BCUT2D eigenvalue weighted by Crippen LogP contribution is -2.02. The van der Waals surface area contributed by atoms with Crippen LogP contribution in [0, 0.1) is 11.5 Å². The van der Waals surface area contributed by atoms with Gasteiger partial charge in [-0.1, -0.05) is 0 Å². The molecule has 0 radical (unpaired) electrons. The molecule has 0 aliphatic rings. The predicted molar refractivity (Wildman–Crippen MR) is 49.9 cm³/mol. The molecule has 6 heteroatoms. The first-order chi connectivity index (χ1) is 7.26. The molecule has 0 amide bonds. The van der Waals surface area contributed by atoms with E-state index in [4.69, 9.17) is 5.26 Å². The summed E-state index contributed by atoms with van der Waals surface area (Å²) in [7, 11) is 1.30. The van der Waals surface area contributed by atoms with Gasteiger partial charge in [-0.15, -0.1) is 4.68 Å². The molecule has 0 fully saturated rings. The molecule has 0 saturated carbocycles. The minimum absolute atomic E-state index is 0.336. The number of methoxy groups -OCH3 is 1. The van der Waals surface area contributed by atoms with Crippen LogP contribution in [-0.4, -0.2) is 27.8 Å². The van der Waals surface area contributed by atoms with E-state index >= 15 is 0 Å². The summed E-state index contributed by atoms with van der Waals surface area (Å²) in [5.41, 5.74) is 0.757. The van der Waals surface area contributed by atoms with Crippen LogP contribution in [0.5, 0.6) is 0 Å².